The molecule has 4 aromatic rings. The molecule has 50 heavy (non-hydrogen) atoms. The van der Waals surface area contributed by atoms with E-state index in [1.807, 2.05) is 37.3 Å². The lowest BCUT2D eigenvalue weighted by atomic mass is 9.87. The molecule has 0 aromatic heterocycles. The number of carbonyl (C=O) groups excluding carboxylic acids is 1. The average molecular weight is 680 g/mol. The van der Waals surface area contributed by atoms with Crippen molar-refractivity contribution < 1.29 is 33.2 Å². The molecule has 4 aromatic carbocycles. The van der Waals surface area contributed by atoms with E-state index in [0.29, 0.717) is 59.0 Å². The fourth-order valence-corrected chi connectivity index (χ4v) is 7.47. The minimum Gasteiger partial charge on any atom is -0.493 e. The van der Waals surface area contributed by atoms with Crippen LogP contribution in [-0.2, 0) is 25.7 Å². The zero-order valence-corrected chi connectivity index (χ0v) is 29.6. The van der Waals surface area contributed by atoms with Gasteiger partial charge >= 0.3 is 6.09 Å². The van der Waals surface area contributed by atoms with E-state index in [-0.39, 0.29) is 12.1 Å². The summed E-state index contributed by atoms with van der Waals surface area (Å²) < 4.78 is 37.1. The smallest absolute Gasteiger partial charge is 0.412 e. The number of carbonyl (C=O) groups is 1. The number of methoxy groups -OCH3 is 3. The van der Waals surface area contributed by atoms with Gasteiger partial charge < -0.3 is 33.7 Å². The van der Waals surface area contributed by atoms with E-state index in [4.69, 9.17) is 28.4 Å². The molecular weight excluding hydrogens is 634 g/mol. The Hall–Kier alpha value is -4.93. The molecule has 2 atom stereocenters. The van der Waals surface area contributed by atoms with Crippen LogP contribution in [0.25, 0.3) is 0 Å². The van der Waals surface area contributed by atoms with E-state index in [1.54, 1.807) is 21.3 Å². The molecule has 4 heterocycles. The van der Waals surface area contributed by atoms with Gasteiger partial charge in [-0.05, 0) is 117 Å². The van der Waals surface area contributed by atoms with E-state index >= 15 is 0 Å². The predicted molar refractivity (Wildman–Crippen MR) is 191 cm³/mol. The molecule has 1 N–H and O–H groups in total. The second-order valence-electron chi connectivity index (χ2n) is 13.2. The van der Waals surface area contributed by atoms with E-state index in [2.05, 4.69) is 59.5 Å². The van der Waals surface area contributed by atoms with Crippen molar-refractivity contribution in [2.75, 3.05) is 55.1 Å². The molecule has 0 saturated carbocycles. The maximum Gasteiger partial charge on any atom is 0.412 e. The van der Waals surface area contributed by atoms with Gasteiger partial charge in [0.2, 0.25) is 5.75 Å². The summed E-state index contributed by atoms with van der Waals surface area (Å²) in [6.45, 7) is 4.08. The Bertz CT molecular complexity index is 1890. The van der Waals surface area contributed by atoms with Crippen LogP contribution in [0.5, 0.6) is 46.0 Å². The highest BCUT2D eigenvalue weighted by atomic mass is 16.6. The van der Waals surface area contributed by atoms with Crippen molar-refractivity contribution in [1.29, 1.82) is 0 Å². The van der Waals surface area contributed by atoms with E-state index < -0.39 is 6.09 Å². The molecule has 4 aliphatic heterocycles. The molecule has 0 fully saturated rings. The lowest BCUT2D eigenvalue weighted by Crippen LogP contribution is -2.34. The van der Waals surface area contributed by atoms with Crippen LogP contribution in [0.1, 0.15) is 52.4 Å². The third-order valence-corrected chi connectivity index (χ3v) is 10.2. The fourth-order valence-electron chi connectivity index (χ4n) is 7.47. The summed E-state index contributed by atoms with van der Waals surface area (Å²) in [5.41, 5.74) is 6.81. The summed E-state index contributed by atoms with van der Waals surface area (Å²) in [6.07, 6.45) is 2.62. The van der Waals surface area contributed by atoms with Crippen molar-refractivity contribution in [3.05, 3.63) is 94.0 Å². The van der Waals surface area contributed by atoms with Crippen LogP contribution in [0.15, 0.2) is 60.7 Å². The van der Waals surface area contributed by atoms with Crippen LogP contribution in [0, 0.1) is 0 Å². The second-order valence-corrected chi connectivity index (χ2v) is 13.2. The Morgan fingerprint density at radius 1 is 0.760 bits per heavy atom. The van der Waals surface area contributed by atoms with Gasteiger partial charge in [0.25, 0.3) is 0 Å². The highest BCUT2D eigenvalue weighted by Crippen LogP contribution is 2.52. The molecule has 6 bridgehead atoms. The Morgan fingerprint density at radius 3 is 2.14 bits per heavy atom. The topological polar surface area (TPSA) is 91.0 Å². The first-order chi connectivity index (χ1) is 24.3. The Morgan fingerprint density at radius 2 is 1.42 bits per heavy atom. The number of nitrogens with zero attached hydrogens (tertiary/aromatic N) is 2. The number of ether oxygens (including phenoxy) is 6. The van der Waals surface area contributed by atoms with Crippen LogP contribution in [-0.4, -0.2) is 71.0 Å². The predicted octanol–water partition coefficient (Wildman–Crippen LogP) is 7.26. The SMILES string of the molecule is CCNC(=O)Oc1ccc2cc1Oc1ccc(cc1)C[C@H]1c3c(cc(OC)c(OC)c3Oc3cc4c(cc3OC)CCN(C)[C@@H]4C2)CCN1C. The molecule has 10 nitrogen and oxygen atoms in total. The van der Waals surface area contributed by atoms with Gasteiger partial charge in [0.05, 0.1) is 21.3 Å². The maximum absolute atomic E-state index is 12.5. The van der Waals surface area contributed by atoms with Gasteiger partial charge in [0.15, 0.2) is 34.5 Å². The largest absolute Gasteiger partial charge is 0.493 e. The summed E-state index contributed by atoms with van der Waals surface area (Å²) >= 11 is 0. The molecule has 0 saturated heterocycles. The molecule has 262 valence electrons. The number of likely N-dealkylation sites (N-methyl/N-ethyl adjacent to an activating group) is 2. The minimum absolute atomic E-state index is 0.00419. The van der Waals surface area contributed by atoms with Gasteiger partial charge in [-0.3, -0.25) is 9.80 Å². The van der Waals surface area contributed by atoms with Crippen LogP contribution >= 0.6 is 0 Å². The summed E-state index contributed by atoms with van der Waals surface area (Å²) in [4.78, 5) is 17.2. The number of nitrogens with one attached hydrogen (secondary N) is 1. The number of amides is 1. The molecule has 0 spiro atoms. The number of fused-ring (bicyclic) bond motifs is 2. The van der Waals surface area contributed by atoms with Crippen molar-refractivity contribution in [2.45, 2.75) is 44.7 Å². The Kier molecular flexibility index (Phi) is 9.48. The molecule has 4 aliphatic rings. The highest BCUT2D eigenvalue weighted by Gasteiger charge is 2.34. The van der Waals surface area contributed by atoms with Gasteiger partial charge in [0.1, 0.15) is 5.75 Å². The number of rotatable bonds is 5. The van der Waals surface area contributed by atoms with Gasteiger partial charge in [-0.15, -0.1) is 0 Å². The molecule has 8 rings (SSSR count). The molecule has 0 unspecified atom stereocenters. The quantitative estimate of drug-likeness (QED) is 0.234. The van der Waals surface area contributed by atoms with Crippen molar-refractivity contribution in [1.82, 2.24) is 15.1 Å². The number of hydrogen-bond acceptors (Lipinski definition) is 9. The maximum atomic E-state index is 12.5. The lowest BCUT2D eigenvalue weighted by molar-refractivity contribution is 0.199. The van der Waals surface area contributed by atoms with Gasteiger partial charge in [-0.25, -0.2) is 4.79 Å². The van der Waals surface area contributed by atoms with Gasteiger partial charge in [-0.1, -0.05) is 18.2 Å². The lowest BCUT2D eigenvalue weighted by Gasteiger charge is -2.37. The van der Waals surface area contributed by atoms with Gasteiger partial charge in [0, 0.05) is 37.3 Å². The van der Waals surface area contributed by atoms with Crippen molar-refractivity contribution in [3.8, 4) is 46.0 Å². The first-order valence-corrected chi connectivity index (χ1v) is 17.2. The molecule has 1 amide bonds. The molecule has 0 aliphatic carbocycles. The Balaban J connectivity index is 1.42. The van der Waals surface area contributed by atoms with Crippen LogP contribution < -0.4 is 33.7 Å². The normalized spacial score (nSPS) is 18.4. The molecular formula is C40H45N3O7. The third-order valence-electron chi connectivity index (χ3n) is 10.2. The zero-order chi connectivity index (χ0) is 34.9. The third kappa shape index (κ3) is 6.41. The second kappa shape index (κ2) is 14.1. The van der Waals surface area contributed by atoms with Gasteiger partial charge in [-0.2, -0.15) is 0 Å². The number of benzene rings is 4. The fraction of sp³-hybridized carbons (Fsp3) is 0.375. The molecule has 10 heteroatoms. The zero-order valence-electron chi connectivity index (χ0n) is 29.6. The first kappa shape index (κ1) is 33.6. The van der Waals surface area contributed by atoms with E-state index in [0.717, 1.165) is 49.0 Å². The summed E-state index contributed by atoms with van der Waals surface area (Å²) in [7, 11) is 9.31. The van der Waals surface area contributed by atoms with Crippen molar-refractivity contribution in [3.63, 3.8) is 0 Å². The average Bonchev–Trinajstić information content (AvgIpc) is 3.11. The van der Waals surface area contributed by atoms with Crippen molar-refractivity contribution >= 4 is 6.09 Å². The van der Waals surface area contributed by atoms with Crippen LogP contribution in [0.4, 0.5) is 4.79 Å². The first-order valence-electron chi connectivity index (χ1n) is 17.2. The summed E-state index contributed by atoms with van der Waals surface area (Å²) in [5.74, 6) is 4.60. The van der Waals surface area contributed by atoms with E-state index in [1.165, 1.54) is 16.7 Å². The van der Waals surface area contributed by atoms with Crippen LogP contribution in [0.3, 0.4) is 0 Å². The molecule has 0 radical (unpaired) electrons. The highest BCUT2D eigenvalue weighted by molar-refractivity contribution is 5.71. The van der Waals surface area contributed by atoms with Crippen LogP contribution in [0.2, 0.25) is 0 Å². The van der Waals surface area contributed by atoms with Crippen molar-refractivity contribution in [2.24, 2.45) is 0 Å². The standard InChI is InChI=1S/C40H45N3O7/c1-7-41-40(44)50-32-13-10-25-19-30-29-23-35(33(45-4)21-26(29)14-16-42(30)2)49-39-37-27(22-36(46-5)38(39)47-6)15-17-43(3)31(37)18-24-8-11-28(12-9-24)48-34(32)20-25/h8-13,20-23,30-31H,7,14-19H2,1-6H3,(H,41,44)/t30-,31+/m1/s1. The minimum atomic E-state index is -0.525. The van der Waals surface area contributed by atoms with E-state index in [9.17, 15) is 4.79 Å². The number of hydrogen-bond donors (Lipinski definition) is 1. The Labute approximate surface area is 293 Å². The summed E-state index contributed by atoms with van der Waals surface area (Å²) in [5, 5.41) is 2.71. The summed E-state index contributed by atoms with van der Waals surface area (Å²) in [6, 6.07) is 20.2. The monoisotopic (exact) mass is 679 g/mol.